The molecule has 0 radical (unpaired) electrons. The van der Waals surface area contributed by atoms with Gasteiger partial charge in [0.2, 0.25) is 0 Å². The van der Waals surface area contributed by atoms with Crippen LogP contribution in [0.5, 0.6) is 0 Å². The van der Waals surface area contributed by atoms with Crippen LogP contribution in [0.3, 0.4) is 0 Å². The van der Waals surface area contributed by atoms with Crippen molar-refractivity contribution in [2.45, 2.75) is 20.8 Å². The highest BCUT2D eigenvalue weighted by Gasteiger charge is 1.93. The van der Waals surface area contributed by atoms with Crippen LogP contribution in [-0.2, 0) is 9.53 Å². The van der Waals surface area contributed by atoms with E-state index in [0.717, 1.165) is 5.71 Å². The normalized spacial score (nSPS) is 9.85. The first-order valence-corrected chi connectivity index (χ1v) is 4.16. The molecule has 0 atom stereocenters. The molecule has 74 valence electrons. The summed E-state index contributed by atoms with van der Waals surface area (Å²) < 4.78 is 4.70. The first-order valence-electron chi connectivity index (χ1n) is 4.16. The van der Waals surface area contributed by atoms with Crippen LogP contribution in [0.1, 0.15) is 20.8 Å². The molecule has 13 heavy (non-hydrogen) atoms. The first-order chi connectivity index (χ1) is 6.06. The van der Waals surface area contributed by atoms with Crippen LogP contribution >= 0.6 is 0 Å². The summed E-state index contributed by atoms with van der Waals surface area (Å²) in [5.41, 5.74) is 0.927. The van der Waals surface area contributed by atoms with Gasteiger partial charge in [-0.3, -0.25) is 5.01 Å². The van der Waals surface area contributed by atoms with Crippen LogP contribution in [0, 0.1) is 0 Å². The second-order valence-corrected chi connectivity index (χ2v) is 2.69. The van der Waals surface area contributed by atoms with E-state index in [9.17, 15) is 4.79 Å². The number of hydrazone groups is 1. The number of esters is 1. The summed E-state index contributed by atoms with van der Waals surface area (Å²) in [6.07, 6.45) is 2.90. The number of hydrogen-bond donors (Lipinski definition) is 0. The standard InChI is InChI=1S/C9H16N2O2/c1-5-13-9(12)6-7-11(4)10-8(2)3/h6-7H,5H2,1-4H3/b7-6-. The molecular formula is C9H16N2O2. The summed E-state index contributed by atoms with van der Waals surface area (Å²) in [5.74, 6) is -0.349. The first kappa shape index (κ1) is 11.7. The molecular weight excluding hydrogens is 168 g/mol. The number of rotatable bonds is 4. The van der Waals surface area contributed by atoms with Gasteiger partial charge in [-0.15, -0.1) is 0 Å². The van der Waals surface area contributed by atoms with Gasteiger partial charge < -0.3 is 4.74 Å². The fourth-order valence-corrected chi connectivity index (χ4v) is 0.708. The average molecular weight is 184 g/mol. The van der Waals surface area contributed by atoms with E-state index in [1.807, 2.05) is 13.8 Å². The summed E-state index contributed by atoms with van der Waals surface area (Å²) in [5, 5.41) is 5.63. The highest BCUT2D eigenvalue weighted by atomic mass is 16.5. The molecule has 0 rings (SSSR count). The van der Waals surface area contributed by atoms with E-state index in [1.165, 1.54) is 6.08 Å². The smallest absolute Gasteiger partial charge is 0.332 e. The van der Waals surface area contributed by atoms with Gasteiger partial charge in [0, 0.05) is 25.0 Å². The minimum Gasteiger partial charge on any atom is -0.463 e. The SMILES string of the molecule is CCOC(=O)/C=C\N(C)N=C(C)C. The summed E-state index contributed by atoms with van der Waals surface area (Å²) in [7, 11) is 1.75. The van der Waals surface area contributed by atoms with Crippen molar-refractivity contribution in [1.82, 2.24) is 5.01 Å². The number of carbonyl (C=O) groups excluding carboxylic acids is 1. The van der Waals surface area contributed by atoms with Crippen molar-refractivity contribution in [2.75, 3.05) is 13.7 Å². The Kier molecular flexibility index (Phi) is 5.59. The Bertz CT molecular complexity index is 218. The van der Waals surface area contributed by atoms with Gasteiger partial charge in [0.1, 0.15) is 0 Å². The molecule has 0 saturated heterocycles. The van der Waals surface area contributed by atoms with Crippen molar-refractivity contribution in [2.24, 2.45) is 5.10 Å². The second kappa shape index (κ2) is 6.22. The lowest BCUT2D eigenvalue weighted by molar-refractivity contribution is -0.137. The van der Waals surface area contributed by atoms with E-state index in [4.69, 9.17) is 4.74 Å². The van der Waals surface area contributed by atoms with Crippen LogP contribution < -0.4 is 0 Å². The van der Waals surface area contributed by atoms with Crippen LogP contribution in [0.4, 0.5) is 0 Å². The van der Waals surface area contributed by atoms with Crippen molar-refractivity contribution in [3.05, 3.63) is 12.3 Å². The Labute approximate surface area is 78.9 Å². The summed E-state index contributed by atoms with van der Waals surface area (Å²) in [6, 6.07) is 0. The molecule has 0 amide bonds. The molecule has 0 aliphatic rings. The second-order valence-electron chi connectivity index (χ2n) is 2.69. The molecule has 4 nitrogen and oxygen atoms in total. The third-order valence-corrected chi connectivity index (χ3v) is 1.07. The lowest BCUT2D eigenvalue weighted by Gasteiger charge is -2.06. The highest BCUT2D eigenvalue weighted by molar-refractivity contribution is 5.82. The van der Waals surface area contributed by atoms with E-state index in [2.05, 4.69) is 5.10 Å². The molecule has 0 bridgehead atoms. The third kappa shape index (κ3) is 7.05. The Morgan fingerprint density at radius 2 is 2.15 bits per heavy atom. The van der Waals surface area contributed by atoms with Gasteiger partial charge in [0.15, 0.2) is 0 Å². The minimum atomic E-state index is -0.349. The summed E-state index contributed by atoms with van der Waals surface area (Å²) in [4.78, 5) is 10.8. The molecule has 0 heterocycles. The Morgan fingerprint density at radius 3 is 2.62 bits per heavy atom. The molecule has 0 spiro atoms. The van der Waals surface area contributed by atoms with Crippen LogP contribution in [0.25, 0.3) is 0 Å². The maximum absolute atomic E-state index is 10.8. The maximum Gasteiger partial charge on any atom is 0.332 e. The van der Waals surface area contributed by atoms with Gasteiger partial charge in [-0.25, -0.2) is 4.79 Å². The monoisotopic (exact) mass is 184 g/mol. The summed E-state index contributed by atoms with van der Waals surface area (Å²) >= 11 is 0. The van der Waals surface area contributed by atoms with E-state index in [0.29, 0.717) is 6.61 Å². The number of carbonyl (C=O) groups is 1. The quantitative estimate of drug-likeness (QED) is 0.287. The molecule has 0 fully saturated rings. The van der Waals surface area contributed by atoms with Crippen LogP contribution in [0.15, 0.2) is 17.4 Å². The fraction of sp³-hybridized carbons (Fsp3) is 0.556. The Balaban J connectivity index is 3.97. The molecule has 4 heteroatoms. The van der Waals surface area contributed by atoms with Crippen molar-refractivity contribution < 1.29 is 9.53 Å². The Hall–Kier alpha value is -1.32. The third-order valence-electron chi connectivity index (χ3n) is 1.07. The van der Waals surface area contributed by atoms with Crippen LogP contribution in [-0.4, -0.2) is 30.3 Å². The molecule has 0 unspecified atom stereocenters. The molecule has 0 aromatic carbocycles. The van der Waals surface area contributed by atoms with Crippen molar-refractivity contribution >= 4 is 11.7 Å². The highest BCUT2D eigenvalue weighted by Crippen LogP contribution is 1.89. The number of hydrogen-bond acceptors (Lipinski definition) is 4. The van der Waals surface area contributed by atoms with Gasteiger partial charge in [-0.05, 0) is 20.8 Å². The largest absolute Gasteiger partial charge is 0.463 e. The molecule has 0 N–H and O–H groups in total. The zero-order valence-corrected chi connectivity index (χ0v) is 8.57. The molecule has 0 aromatic rings. The van der Waals surface area contributed by atoms with E-state index in [1.54, 1.807) is 25.2 Å². The molecule has 0 aliphatic carbocycles. The van der Waals surface area contributed by atoms with Crippen molar-refractivity contribution in [1.29, 1.82) is 0 Å². The molecule has 0 saturated carbocycles. The maximum atomic E-state index is 10.8. The van der Waals surface area contributed by atoms with E-state index < -0.39 is 0 Å². The zero-order valence-electron chi connectivity index (χ0n) is 8.57. The predicted octanol–water partition coefficient (Wildman–Crippen LogP) is 1.39. The van der Waals surface area contributed by atoms with Gasteiger partial charge in [0.05, 0.1) is 6.61 Å². The van der Waals surface area contributed by atoms with Crippen molar-refractivity contribution in [3.8, 4) is 0 Å². The van der Waals surface area contributed by atoms with Gasteiger partial charge in [-0.1, -0.05) is 0 Å². The predicted molar refractivity (Wildman–Crippen MR) is 52.3 cm³/mol. The van der Waals surface area contributed by atoms with Gasteiger partial charge >= 0.3 is 5.97 Å². The Morgan fingerprint density at radius 1 is 1.54 bits per heavy atom. The molecule has 0 aromatic heterocycles. The van der Waals surface area contributed by atoms with E-state index in [-0.39, 0.29) is 5.97 Å². The van der Waals surface area contributed by atoms with E-state index >= 15 is 0 Å². The average Bonchev–Trinajstić information content (AvgIpc) is 2.00. The topological polar surface area (TPSA) is 41.9 Å². The molecule has 0 aliphatic heterocycles. The van der Waals surface area contributed by atoms with Crippen molar-refractivity contribution in [3.63, 3.8) is 0 Å². The minimum absolute atomic E-state index is 0.349. The van der Waals surface area contributed by atoms with Gasteiger partial charge in [-0.2, -0.15) is 5.10 Å². The number of nitrogens with zero attached hydrogens (tertiary/aromatic N) is 2. The van der Waals surface area contributed by atoms with Gasteiger partial charge in [0.25, 0.3) is 0 Å². The lowest BCUT2D eigenvalue weighted by Crippen LogP contribution is -2.06. The number of ether oxygens (including phenoxy) is 1. The lowest BCUT2D eigenvalue weighted by atomic mass is 10.5. The fourth-order valence-electron chi connectivity index (χ4n) is 0.708. The summed E-state index contributed by atoms with van der Waals surface area (Å²) in [6.45, 7) is 5.93. The van der Waals surface area contributed by atoms with Crippen LogP contribution in [0.2, 0.25) is 0 Å². The zero-order chi connectivity index (χ0) is 10.3.